The number of carbonyl (C=O) groups is 1. The maximum atomic E-state index is 12.3. The Morgan fingerprint density at radius 2 is 1.90 bits per heavy atom. The molecule has 0 bridgehead atoms. The lowest BCUT2D eigenvalue weighted by Crippen LogP contribution is -2.44. The zero-order chi connectivity index (χ0) is 14.7. The minimum atomic E-state index is 0.276. The van der Waals surface area contributed by atoms with E-state index < -0.39 is 0 Å². The molecule has 114 valence electrons. The normalized spacial score (nSPS) is 21.9. The molecule has 0 saturated carbocycles. The van der Waals surface area contributed by atoms with Gasteiger partial charge in [-0.1, -0.05) is 0 Å². The van der Waals surface area contributed by atoms with Gasteiger partial charge in [-0.2, -0.15) is 0 Å². The molecule has 1 amide bonds. The van der Waals surface area contributed by atoms with E-state index in [1.54, 1.807) is 24.2 Å². The van der Waals surface area contributed by atoms with E-state index in [0.29, 0.717) is 11.2 Å². The number of rotatable bonds is 3. The van der Waals surface area contributed by atoms with Gasteiger partial charge in [0.05, 0.1) is 5.75 Å². The fourth-order valence-corrected chi connectivity index (χ4v) is 4.26. The third kappa shape index (κ3) is 3.58. The highest BCUT2D eigenvalue weighted by Crippen LogP contribution is 2.39. The number of hydrogen-bond acceptors (Lipinski definition) is 4. The maximum absolute atomic E-state index is 12.3. The van der Waals surface area contributed by atoms with Crippen molar-refractivity contribution in [2.75, 3.05) is 39.0 Å². The van der Waals surface area contributed by atoms with E-state index in [2.05, 4.69) is 21.8 Å². The first-order valence-electron chi connectivity index (χ1n) is 7.66. The second kappa shape index (κ2) is 6.36. The third-order valence-corrected chi connectivity index (χ3v) is 5.81. The van der Waals surface area contributed by atoms with Crippen LogP contribution in [0, 0.1) is 5.41 Å². The Morgan fingerprint density at radius 1 is 1.24 bits per heavy atom. The van der Waals surface area contributed by atoms with Crippen LogP contribution in [-0.4, -0.2) is 59.7 Å². The van der Waals surface area contributed by atoms with Crippen LogP contribution >= 0.6 is 11.8 Å². The van der Waals surface area contributed by atoms with Gasteiger partial charge in [0.1, 0.15) is 0 Å². The molecule has 0 radical (unpaired) electrons. The Bertz CT molecular complexity index is 486. The number of likely N-dealkylation sites (tertiary alicyclic amines) is 2. The second-order valence-corrected chi connectivity index (χ2v) is 7.39. The minimum absolute atomic E-state index is 0.276. The van der Waals surface area contributed by atoms with Crippen molar-refractivity contribution in [1.29, 1.82) is 0 Å². The summed E-state index contributed by atoms with van der Waals surface area (Å²) in [5, 5.41) is 0. The molecule has 2 fully saturated rings. The highest BCUT2D eigenvalue weighted by molar-refractivity contribution is 8.00. The van der Waals surface area contributed by atoms with Gasteiger partial charge >= 0.3 is 0 Å². The second-order valence-electron chi connectivity index (χ2n) is 6.34. The number of amides is 1. The van der Waals surface area contributed by atoms with Gasteiger partial charge in [0.15, 0.2) is 0 Å². The molecule has 3 rings (SSSR count). The highest BCUT2D eigenvalue weighted by atomic mass is 32.2. The number of hydrogen-bond donors (Lipinski definition) is 0. The molecule has 2 aliphatic rings. The van der Waals surface area contributed by atoms with Gasteiger partial charge in [-0.3, -0.25) is 9.78 Å². The molecule has 0 aromatic carbocycles. The van der Waals surface area contributed by atoms with Crippen molar-refractivity contribution in [1.82, 2.24) is 14.8 Å². The summed E-state index contributed by atoms with van der Waals surface area (Å²) in [6.45, 7) is 4.29. The molecule has 2 saturated heterocycles. The molecule has 21 heavy (non-hydrogen) atoms. The average molecular weight is 305 g/mol. The van der Waals surface area contributed by atoms with Crippen molar-refractivity contribution in [3.63, 3.8) is 0 Å². The molecule has 2 aliphatic heterocycles. The van der Waals surface area contributed by atoms with E-state index in [-0.39, 0.29) is 5.91 Å². The van der Waals surface area contributed by atoms with Crippen LogP contribution in [-0.2, 0) is 4.79 Å². The average Bonchev–Trinajstić information content (AvgIpc) is 2.87. The van der Waals surface area contributed by atoms with Crippen molar-refractivity contribution >= 4 is 17.7 Å². The van der Waals surface area contributed by atoms with E-state index in [0.717, 1.165) is 18.0 Å². The maximum Gasteiger partial charge on any atom is 0.232 e. The van der Waals surface area contributed by atoms with Crippen molar-refractivity contribution < 1.29 is 4.79 Å². The molecule has 4 nitrogen and oxygen atoms in total. The van der Waals surface area contributed by atoms with Gasteiger partial charge in [0, 0.05) is 36.9 Å². The molecule has 0 aliphatic carbocycles. The first-order valence-corrected chi connectivity index (χ1v) is 8.65. The van der Waals surface area contributed by atoms with Crippen LogP contribution in [0.4, 0.5) is 0 Å². The van der Waals surface area contributed by atoms with Crippen LogP contribution in [0.15, 0.2) is 29.4 Å². The quantitative estimate of drug-likeness (QED) is 0.802. The van der Waals surface area contributed by atoms with Crippen LogP contribution in [0.3, 0.4) is 0 Å². The predicted molar refractivity (Wildman–Crippen MR) is 85.3 cm³/mol. The van der Waals surface area contributed by atoms with Gasteiger partial charge in [0.25, 0.3) is 0 Å². The molecular weight excluding hydrogens is 282 g/mol. The smallest absolute Gasteiger partial charge is 0.232 e. The molecule has 1 aromatic heterocycles. The first kappa shape index (κ1) is 14.9. The van der Waals surface area contributed by atoms with Crippen LogP contribution in [0.2, 0.25) is 0 Å². The summed E-state index contributed by atoms with van der Waals surface area (Å²) < 4.78 is 0. The summed E-state index contributed by atoms with van der Waals surface area (Å²) in [6, 6.07) is 3.91. The molecule has 1 spiro atoms. The zero-order valence-corrected chi connectivity index (χ0v) is 13.4. The van der Waals surface area contributed by atoms with Gasteiger partial charge in [-0.15, -0.1) is 11.8 Å². The molecule has 1 aromatic rings. The van der Waals surface area contributed by atoms with Crippen molar-refractivity contribution in [3.8, 4) is 0 Å². The largest absolute Gasteiger partial charge is 0.342 e. The van der Waals surface area contributed by atoms with E-state index in [1.807, 2.05) is 12.1 Å². The third-order valence-electron chi connectivity index (χ3n) is 4.82. The molecule has 3 heterocycles. The monoisotopic (exact) mass is 305 g/mol. The Kier molecular flexibility index (Phi) is 4.50. The number of thioether (sulfide) groups is 1. The summed E-state index contributed by atoms with van der Waals surface area (Å²) in [5.74, 6) is 0.815. The SMILES string of the molecule is CN1CCC2(CCN(C(=O)CSc3ccncc3)CC2)C1. The standard InChI is InChI=1S/C16H23N3OS/c1-18-9-4-16(13-18)5-10-19(11-6-16)15(20)12-21-14-2-7-17-8-3-14/h2-3,7-8H,4-6,9-13H2,1H3. The van der Waals surface area contributed by atoms with Crippen LogP contribution in [0.1, 0.15) is 19.3 Å². The lowest BCUT2D eigenvalue weighted by atomic mass is 9.78. The van der Waals surface area contributed by atoms with Crippen LogP contribution in [0.5, 0.6) is 0 Å². The van der Waals surface area contributed by atoms with E-state index in [9.17, 15) is 4.79 Å². The van der Waals surface area contributed by atoms with Crippen molar-refractivity contribution in [3.05, 3.63) is 24.5 Å². The van der Waals surface area contributed by atoms with Gasteiger partial charge in [-0.05, 0) is 50.4 Å². The van der Waals surface area contributed by atoms with Crippen molar-refractivity contribution in [2.45, 2.75) is 24.2 Å². The number of carbonyl (C=O) groups excluding carboxylic acids is 1. The van der Waals surface area contributed by atoms with Gasteiger partial charge < -0.3 is 9.80 Å². The topological polar surface area (TPSA) is 36.4 Å². The lowest BCUT2D eigenvalue weighted by Gasteiger charge is -2.39. The number of aromatic nitrogens is 1. The summed E-state index contributed by atoms with van der Waals surface area (Å²) in [6.07, 6.45) is 7.19. The molecule has 0 unspecified atom stereocenters. The van der Waals surface area contributed by atoms with Crippen LogP contribution < -0.4 is 0 Å². The van der Waals surface area contributed by atoms with E-state index >= 15 is 0 Å². The predicted octanol–water partition coefficient (Wildman–Crippen LogP) is 2.12. The van der Waals surface area contributed by atoms with Crippen LogP contribution in [0.25, 0.3) is 0 Å². The van der Waals surface area contributed by atoms with Gasteiger partial charge in [-0.25, -0.2) is 0 Å². The summed E-state index contributed by atoms with van der Waals surface area (Å²) in [5.41, 5.74) is 0.490. The number of piperidine rings is 1. The number of nitrogens with zero attached hydrogens (tertiary/aromatic N) is 3. The summed E-state index contributed by atoms with van der Waals surface area (Å²) >= 11 is 1.61. The lowest BCUT2D eigenvalue weighted by molar-refractivity contribution is -0.130. The fraction of sp³-hybridized carbons (Fsp3) is 0.625. The molecule has 0 atom stereocenters. The summed E-state index contributed by atoms with van der Waals surface area (Å²) in [7, 11) is 2.21. The highest BCUT2D eigenvalue weighted by Gasteiger charge is 2.39. The Hall–Kier alpha value is -1.07. The Labute approximate surface area is 130 Å². The molecule has 0 N–H and O–H groups in total. The molecular formula is C16H23N3OS. The van der Waals surface area contributed by atoms with E-state index in [1.165, 1.54) is 32.4 Å². The fourth-order valence-electron chi connectivity index (χ4n) is 3.47. The Balaban J connectivity index is 1.47. The first-order chi connectivity index (χ1) is 10.2. The zero-order valence-electron chi connectivity index (χ0n) is 12.6. The Morgan fingerprint density at radius 3 is 2.52 bits per heavy atom. The van der Waals surface area contributed by atoms with E-state index in [4.69, 9.17) is 0 Å². The van der Waals surface area contributed by atoms with Gasteiger partial charge in [0.2, 0.25) is 5.91 Å². The molecule has 5 heteroatoms. The number of pyridine rings is 1. The summed E-state index contributed by atoms with van der Waals surface area (Å²) in [4.78, 5) is 21.9. The van der Waals surface area contributed by atoms with Crippen molar-refractivity contribution in [2.24, 2.45) is 5.41 Å². The minimum Gasteiger partial charge on any atom is -0.342 e.